The molecule has 6 rings (SSSR count). The van der Waals surface area contributed by atoms with Crippen LogP contribution in [-0.2, 0) is 4.79 Å². The molecule has 41 heavy (non-hydrogen) atoms. The van der Waals surface area contributed by atoms with E-state index in [9.17, 15) is 14.0 Å². The van der Waals surface area contributed by atoms with Crippen LogP contribution in [-0.4, -0.2) is 28.4 Å². The van der Waals surface area contributed by atoms with E-state index in [4.69, 9.17) is 30.9 Å². The van der Waals surface area contributed by atoms with Crippen molar-refractivity contribution < 1.29 is 28.2 Å². The van der Waals surface area contributed by atoms with E-state index in [1.165, 1.54) is 35.9 Å². The Morgan fingerprint density at radius 1 is 0.927 bits per heavy atom. The van der Waals surface area contributed by atoms with Gasteiger partial charge in [-0.15, -0.1) is 0 Å². The van der Waals surface area contributed by atoms with Crippen LogP contribution in [0.5, 0.6) is 17.4 Å². The number of anilines is 1. The standard InChI is InChI=1S/C31H21ClFN3O5/c1-18(37)41-31-28(19-5-10-24(11-6-19)34-30(38)21-3-2-4-22(32)15-21)29(20-7-14-26-27(16-20)40-17-39-26)35-36(31)25-12-8-23(33)9-13-25/h2-16H,17H2,1H3,(H,34,38). The van der Waals surface area contributed by atoms with E-state index in [1.54, 1.807) is 60.7 Å². The second-order valence-electron chi connectivity index (χ2n) is 9.12. The Kier molecular flexibility index (Phi) is 6.86. The lowest BCUT2D eigenvalue weighted by Crippen LogP contribution is -2.11. The van der Waals surface area contributed by atoms with Gasteiger partial charge in [0.05, 0.1) is 11.3 Å². The lowest BCUT2D eigenvalue weighted by Gasteiger charge is -2.11. The zero-order valence-corrected chi connectivity index (χ0v) is 22.3. The maximum Gasteiger partial charge on any atom is 0.309 e. The molecule has 4 aromatic carbocycles. The van der Waals surface area contributed by atoms with Crippen molar-refractivity contribution in [3.8, 4) is 45.5 Å². The number of amides is 1. The predicted molar refractivity (Wildman–Crippen MR) is 151 cm³/mol. The summed E-state index contributed by atoms with van der Waals surface area (Å²) in [4.78, 5) is 25.0. The Balaban J connectivity index is 1.45. The van der Waals surface area contributed by atoms with Gasteiger partial charge in [0.15, 0.2) is 11.5 Å². The van der Waals surface area contributed by atoms with Crippen molar-refractivity contribution in [1.29, 1.82) is 0 Å². The topological polar surface area (TPSA) is 91.7 Å². The number of aromatic nitrogens is 2. The SMILES string of the molecule is CC(=O)Oc1c(-c2ccc(NC(=O)c3cccc(Cl)c3)cc2)c(-c2ccc3c(c2)OCO3)nn1-c1ccc(F)cc1. The third-order valence-corrected chi connectivity index (χ3v) is 6.55. The Labute approximate surface area is 238 Å². The summed E-state index contributed by atoms with van der Waals surface area (Å²) in [6.45, 7) is 1.40. The van der Waals surface area contributed by atoms with Crippen LogP contribution in [0.15, 0.2) is 91.0 Å². The van der Waals surface area contributed by atoms with Crippen LogP contribution in [0.2, 0.25) is 5.02 Å². The van der Waals surface area contributed by atoms with Crippen molar-refractivity contribution in [2.45, 2.75) is 6.92 Å². The fourth-order valence-corrected chi connectivity index (χ4v) is 4.64. The van der Waals surface area contributed by atoms with Gasteiger partial charge >= 0.3 is 5.97 Å². The molecule has 0 spiro atoms. The number of hydrogen-bond acceptors (Lipinski definition) is 6. The summed E-state index contributed by atoms with van der Waals surface area (Å²) in [5.41, 5.74) is 3.78. The molecule has 1 aliphatic heterocycles. The number of hydrogen-bond donors (Lipinski definition) is 1. The van der Waals surface area contributed by atoms with Crippen molar-refractivity contribution in [2.75, 3.05) is 12.1 Å². The van der Waals surface area contributed by atoms with Gasteiger partial charge in [-0.3, -0.25) is 9.59 Å². The average Bonchev–Trinajstić information content (AvgIpc) is 3.58. The minimum absolute atomic E-state index is 0.108. The van der Waals surface area contributed by atoms with Crippen LogP contribution >= 0.6 is 11.6 Å². The molecule has 0 bridgehead atoms. The van der Waals surface area contributed by atoms with Crippen molar-refractivity contribution in [3.63, 3.8) is 0 Å². The van der Waals surface area contributed by atoms with Crippen LogP contribution < -0.4 is 19.5 Å². The van der Waals surface area contributed by atoms with Crippen LogP contribution in [0.3, 0.4) is 0 Å². The smallest absolute Gasteiger partial charge is 0.309 e. The molecular formula is C31H21ClFN3O5. The third-order valence-electron chi connectivity index (χ3n) is 6.32. The summed E-state index contributed by atoms with van der Waals surface area (Å²) in [6, 6.07) is 24.7. The van der Waals surface area contributed by atoms with E-state index in [0.29, 0.717) is 55.8 Å². The maximum absolute atomic E-state index is 13.7. The molecule has 0 saturated heterocycles. The molecule has 1 amide bonds. The summed E-state index contributed by atoms with van der Waals surface area (Å²) in [5, 5.41) is 8.10. The lowest BCUT2D eigenvalue weighted by molar-refractivity contribution is -0.132. The first-order valence-electron chi connectivity index (χ1n) is 12.5. The highest BCUT2D eigenvalue weighted by molar-refractivity contribution is 6.31. The summed E-state index contributed by atoms with van der Waals surface area (Å²) in [7, 11) is 0. The van der Waals surface area contributed by atoms with Gasteiger partial charge in [-0.25, -0.2) is 4.39 Å². The zero-order valence-electron chi connectivity index (χ0n) is 21.6. The Morgan fingerprint density at radius 3 is 2.39 bits per heavy atom. The minimum atomic E-state index is -0.558. The molecule has 0 radical (unpaired) electrons. The zero-order chi connectivity index (χ0) is 28.5. The Morgan fingerprint density at radius 2 is 1.66 bits per heavy atom. The molecule has 0 fully saturated rings. The van der Waals surface area contributed by atoms with Crippen molar-refractivity contribution in [2.24, 2.45) is 0 Å². The number of esters is 1. The Bertz CT molecular complexity index is 1790. The number of nitrogens with zero attached hydrogens (tertiary/aromatic N) is 2. The van der Waals surface area contributed by atoms with Gasteiger partial charge in [0, 0.05) is 28.8 Å². The minimum Gasteiger partial charge on any atom is -0.454 e. The molecule has 8 nitrogen and oxygen atoms in total. The fourth-order valence-electron chi connectivity index (χ4n) is 4.45. The summed E-state index contributed by atoms with van der Waals surface area (Å²) in [5.74, 6) is 0.0170. The van der Waals surface area contributed by atoms with E-state index < -0.39 is 11.8 Å². The predicted octanol–water partition coefficient (Wildman–Crippen LogP) is 6.91. The number of carbonyl (C=O) groups is 2. The van der Waals surface area contributed by atoms with Gasteiger partial charge < -0.3 is 19.5 Å². The first-order valence-corrected chi connectivity index (χ1v) is 12.9. The molecule has 0 unspecified atom stereocenters. The van der Waals surface area contributed by atoms with Gasteiger partial charge in [-0.2, -0.15) is 9.78 Å². The van der Waals surface area contributed by atoms with Gasteiger partial charge in [0.25, 0.3) is 5.91 Å². The van der Waals surface area contributed by atoms with Gasteiger partial charge in [-0.1, -0.05) is 29.8 Å². The van der Waals surface area contributed by atoms with Gasteiger partial charge in [0.2, 0.25) is 12.7 Å². The highest BCUT2D eigenvalue weighted by Crippen LogP contribution is 2.44. The quantitative estimate of drug-likeness (QED) is 0.224. The Hall–Kier alpha value is -5.15. The van der Waals surface area contributed by atoms with Crippen molar-refractivity contribution in [1.82, 2.24) is 9.78 Å². The molecule has 0 aliphatic carbocycles. The molecule has 0 saturated carbocycles. The van der Waals surface area contributed by atoms with E-state index in [1.807, 2.05) is 6.07 Å². The van der Waals surface area contributed by atoms with Crippen molar-refractivity contribution in [3.05, 3.63) is 107 Å². The molecule has 1 aliphatic rings. The number of rotatable bonds is 6. The van der Waals surface area contributed by atoms with E-state index in [-0.39, 0.29) is 18.6 Å². The van der Waals surface area contributed by atoms with E-state index in [0.717, 1.165) is 0 Å². The normalized spacial score (nSPS) is 11.8. The second-order valence-corrected chi connectivity index (χ2v) is 9.56. The number of fused-ring (bicyclic) bond motifs is 1. The van der Waals surface area contributed by atoms with E-state index >= 15 is 0 Å². The first-order chi connectivity index (χ1) is 19.9. The summed E-state index contributed by atoms with van der Waals surface area (Å²) in [6.07, 6.45) is 0. The van der Waals surface area contributed by atoms with Gasteiger partial charge in [0.1, 0.15) is 11.5 Å². The van der Waals surface area contributed by atoms with Gasteiger partial charge in [-0.05, 0) is 78.4 Å². The number of benzene rings is 4. The molecule has 10 heteroatoms. The molecule has 5 aromatic rings. The monoisotopic (exact) mass is 569 g/mol. The first kappa shape index (κ1) is 26.1. The second kappa shape index (κ2) is 10.8. The molecular weight excluding hydrogens is 549 g/mol. The number of carbonyl (C=O) groups excluding carboxylic acids is 2. The molecule has 204 valence electrons. The van der Waals surface area contributed by atoms with Crippen molar-refractivity contribution >= 4 is 29.2 Å². The largest absolute Gasteiger partial charge is 0.454 e. The molecule has 0 atom stereocenters. The third kappa shape index (κ3) is 5.35. The summed E-state index contributed by atoms with van der Waals surface area (Å²) >= 11 is 6.02. The maximum atomic E-state index is 13.7. The number of halogens is 2. The lowest BCUT2D eigenvalue weighted by atomic mass is 10.0. The fraction of sp³-hybridized carbons (Fsp3) is 0.0645. The van der Waals surface area contributed by atoms with Crippen LogP contribution in [0.4, 0.5) is 10.1 Å². The number of ether oxygens (including phenoxy) is 3. The van der Waals surface area contributed by atoms with Crippen LogP contribution in [0.1, 0.15) is 17.3 Å². The number of nitrogens with one attached hydrogen (secondary N) is 1. The molecule has 1 N–H and O–H groups in total. The van der Waals surface area contributed by atoms with Crippen LogP contribution in [0, 0.1) is 5.82 Å². The highest BCUT2D eigenvalue weighted by atomic mass is 35.5. The molecule has 1 aromatic heterocycles. The molecule has 2 heterocycles. The summed E-state index contributed by atoms with van der Waals surface area (Å²) < 4.78 is 31.9. The highest BCUT2D eigenvalue weighted by Gasteiger charge is 2.26. The van der Waals surface area contributed by atoms with Crippen LogP contribution in [0.25, 0.3) is 28.1 Å². The van der Waals surface area contributed by atoms with E-state index in [2.05, 4.69) is 5.32 Å². The average molecular weight is 570 g/mol.